The molecular weight excluding hydrogens is 175 g/mol. The molecule has 3 atom stereocenters. The molecule has 0 aliphatic carbocycles. The van der Waals surface area contributed by atoms with E-state index in [2.05, 4.69) is 11.8 Å². The van der Waals surface area contributed by atoms with Crippen molar-refractivity contribution in [1.82, 2.24) is 0 Å². The van der Waals surface area contributed by atoms with Crippen molar-refractivity contribution in [3.05, 3.63) is 0 Å². The van der Waals surface area contributed by atoms with Crippen LogP contribution in [0, 0.1) is 30.6 Å². The Morgan fingerprint density at radius 2 is 2.25 bits per heavy atom. The van der Waals surface area contributed by atoms with E-state index in [1.165, 1.54) is 7.11 Å². The average Bonchev–Trinajstić information content (AvgIpc) is 2.43. The second kappa shape index (κ2) is 3.33. The Bertz CT molecular complexity index is 270. The molecule has 3 nitrogen and oxygen atoms in total. The molecule has 1 aliphatic heterocycles. The molecule has 0 radical (unpaired) electrons. The van der Waals surface area contributed by atoms with Crippen LogP contribution in [0.5, 0.6) is 0 Å². The molecule has 1 rings (SSSR count). The molecule has 12 heavy (non-hydrogen) atoms. The lowest BCUT2D eigenvalue weighted by atomic mass is 10.1. The molecule has 3 unspecified atom stereocenters. The zero-order valence-electron chi connectivity index (χ0n) is 6.69. The van der Waals surface area contributed by atoms with E-state index in [9.17, 15) is 4.57 Å². The lowest BCUT2D eigenvalue weighted by Crippen LogP contribution is -2.12. The quantitative estimate of drug-likeness (QED) is 0.452. The largest absolute Gasteiger partial charge is 0.333 e. The summed E-state index contributed by atoms with van der Waals surface area (Å²) in [6.45, 7) is 0. The van der Waals surface area contributed by atoms with Gasteiger partial charge >= 0.3 is 7.60 Å². The van der Waals surface area contributed by atoms with Crippen molar-refractivity contribution in [2.75, 3.05) is 13.3 Å². The van der Waals surface area contributed by atoms with Crippen molar-refractivity contribution in [2.24, 2.45) is 5.92 Å². The molecule has 0 spiro atoms. The molecule has 0 N–H and O–H groups in total. The second-order valence-electron chi connectivity index (χ2n) is 2.44. The maximum Gasteiger partial charge on any atom is 0.333 e. The first kappa shape index (κ1) is 9.36. The van der Waals surface area contributed by atoms with Gasteiger partial charge in [-0.25, -0.2) is 0 Å². The molecule has 0 aromatic rings. The molecule has 64 valence electrons. The van der Waals surface area contributed by atoms with Crippen LogP contribution < -0.4 is 0 Å². The first-order valence-corrected chi connectivity index (χ1v) is 5.13. The van der Waals surface area contributed by atoms with Gasteiger partial charge in [0.1, 0.15) is 6.10 Å². The fourth-order valence-corrected chi connectivity index (χ4v) is 2.68. The van der Waals surface area contributed by atoms with Crippen LogP contribution in [-0.4, -0.2) is 19.4 Å². The predicted molar refractivity (Wildman–Crippen MR) is 45.5 cm³/mol. The molecule has 1 heterocycles. The van der Waals surface area contributed by atoms with Crippen molar-refractivity contribution in [2.45, 2.75) is 6.10 Å². The van der Waals surface area contributed by atoms with Crippen molar-refractivity contribution < 1.29 is 13.6 Å². The van der Waals surface area contributed by atoms with Crippen LogP contribution in [0.4, 0.5) is 0 Å². The van der Waals surface area contributed by atoms with Crippen LogP contribution in [-0.2, 0) is 13.6 Å². The van der Waals surface area contributed by atoms with Gasteiger partial charge < -0.3 is 4.52 Å². The summed E-state index contributed by atoms with van der Waals surface area (Å²) in [5.41, 5.74) is 0. The highest BCUT2D eigenvalue weighted by molar-refractivity contribution is 7.54. The van der Waals surface area contributed by atoms with Crippen LogP contribution in [0.3, 0.4) is 0 Å². The molecule has 0 aromatic carbocycles. The van der Waals surface area contributed by atoms with Crippen molar-refractivity contribution in [3.63, 3.8) is 0 Å². The van der Waals surface area contributed by atoms with Gasteiger partial charge in [-0.2, -0.15) is 0 Å². The molecule has 1 aliphatic rings. The van der Waals surface area contributed by atoms with E-state index in [4.69, 9.17) is 21.9 Å². The lowest BCUT2D eigenvalue weighted by molar-refractivity contribution is 0.219. The minimum absolute atomic E-state index is 0.217. The first-order chi connectivity index (χ1) is 5.65. The number of hydrogen-bond acceptors (Lipinski definition) is 3. The molecule has 1 saturated heterocycles. The zero-order chi connectivity index (χ0) is 9.19. The Morgan fingerprint density at radius 3 is 2.58 bits per heavy atom. The summed E-state index contributed by atoms with van der Waals surface area (Å²) in [4.78, 5) is 0. The van der Waals surface area contributed by atoms with Crippen molar-refractivity contribution in [3.8, 4) is 24.7 Å². The third kappa shape index (κ3) is 1.54. The van der Waals surface area contributed by atoms with Gasteiger partial charge in [0.15, 0.2) is 0 Å². The number of hydrogen-bond donors (Lipinski definition) is 0. The smallest absolute Gasteiger partial charge is 0.312 e. The summed E-state index contributed by atoms with van der Waals surface area (Å²) in [6.07, 6.45) is 9.95. The van der Waals surface area contributed by atoms with Crippen molar-refractivity contribution >= 4 is 7.60 Å². The minimum Gasteiger partial charge on any atom is -0.312 e. The highest BCUT2D eigenvalue weighted by Gasteiger charge is 2.42. The Hall–Kier alpha value is -0.730. The normalized spacial score (nSPS) is 40.2. The van der Waals surface area contributed by atoms with E-state index in [-0.39, 0.29) is 12.1 Å². The maximum absolute atomic E-state index is 11.5. The Kier molecular flexibility index (Phi) is 2.60. The van der Waals surface area contributed by atoms with Crippen LogP contribution in [0.1, 0.15) is 0 Å². The van der Waals surface area contributed by atoms with Gasteiger partial charge in [0, 0.05) is 7.11 Å². The highest BCUT2D eigenvalue weighted by atomic mass is 31.2. The van der Waals surface area contributed by atoms with E-state index < -0.39 is 13.7 Å². The van der Waals surface area contributed by atoms with Crippen molar-refractivity contribution in [1.29, 1.82) is 0 Å². The fourth-order valence-electron chi connectivity index (χ4n) is 1.03. The Balaban J connectivity index is 2.82. The minimum atomic E-state index is -2.98. The summed E-state index contributed by atoms with van der Waals surface area (Å²) >= 11 is 0. The third-order valence-corrected chi connectivity index (χ3v) is 3.66. The molecule has 0 bridgehead atoms. The molecular formula is C8H9O3P. The summed E-state index contributed by atoms with van der Waals surface area (Å²) in [5, 5.41) is 0. The number of terminal acetylenes is 2. The van der Waals surface area contributed by atoms with Crippen LogP contribution in [0.25, 0.3) is 0 Å². The van der Waals surface area contributed by atoms with E-state index in [0.29, 0.717) is 0 Å². The van der Waals surface area contributed by atoms with Gasteiger partial charge in [-0.05, 0) is 0 Å². The van der Waals surface area contributed by atoms with Crippen LogP contribution in [0.15, 0.2) is 0 Å². The van der Waals surface area contributed by atoms with Crippen LogP contribution in [0.2, 0.25) is 0 Å². The Labute approximate surface area is 72.0 Å². The second-order valence-corrected chi connectivity index (χ2v) is 4.60. The maximum atomic E-state index is 11.5. The summed E-state index contributed by atoms with van der Waals surface area (Å²) < 4.78 is 21.2. The molecule has 0 aromatic heterocycles. The fraction of sp³-hybridized carbons (Fsp3) is 0.500. The molecule has 4 heteroatoms. The van der Waals surface area contributed by atoms with Crippen LogP contribution >= 0.6 is 7.60 Å². The SMILES string of the molecule is C#CC1CP(=O)(OC)OC1C#C. The van der Waals surface area contributed by atoms with Gasteiger partial charge in [-0.3, -0.25) is 9.09 Å². The van der Waals surface area contributed by atoms with E-state index in [0.717, 1.165) is 0 Å². The average molecular weight is 184 g/mol. The molecule has 0 amide bonds. The molecule has 1 fully saturated rings. The number of rotatable bonds is 1. The Morgan fingerprint density at radius 1 is 1.58 bits per heavy atom. The topological polar surface area (TPSA) is 35.5 Å². The zero-order valence-corrected chi connectivity index (χ0v) is 7.58. The summed E-state index contributed by atoms with van der Waals surface area (Å²) in [7, 11) is -1.65. The summed E-state index contributed by atoms with van der Waals surface area (Å²) in [6, 6.07) is 0. The lowest BCUT2D eigenvalue weighted by Gasteiger charge is -2.06. The third-order valence-electron chi connectivity index (χ3n) is 1.72. The van der Waals surface area contributed by atoms with Gasteiger partial charge in [-0.1, -0.05) is 11.8 Å². The van der Waals surface area contributed by atoms with Gasteiger partial charge in [-0.15, -0.1) is 12.8 Å². The summed E-state index contributed by atoms with van der Waals surface area (Å²) in [5.74, 6) is 4.48. The molecule has 0 saturated carbocycles. The van der Waals surface area contributed by atoms with Gasteiger partial charge in [0.25, 0.3) is 0 Å². The van der Waals surface area contributed by atoms with E-state index in [1.807, 2.05) is 0 Å². The monoisotopic (exact) mass is 184 g/mol. The van der Waals surface area contributed by atoms with Gasteiger partial charge in [0.05, 0.1) is 12.1 Å². The first-order valence-electron chi connectivity index (χ1n) is 3.40. The van der Waals surface area contributed by atoms with E-state index in [1.54, 1.807) is 0 Å². The highest BCUT2D eigenvalue weighted by Crippen LogP contribution is 2.56. The predicted octanol–water partition coefficient (Wildman–Crippen LogP) is 1.11. The van der Waals surface area contributed by atoms with Gasteiger partial charge in [0.2, 0.25) is 0 Å². The standard InChI is InChI=1S/C8H9O3P/c1-4-7-6-12(9,10-3)11-8(7)5-2/h1-2,7-8H,6H2,3H3. The van der Waals surface area contributed by atoms with E-state index >= 15 is 0 Å².